The first-order chi connectivity index (χ1) is 5.05. The van der Waals surface area contributed by atoms with Gasteiger partial charge in [-0.25, -0.2) is 0 Å². The molecule has 0 atom stereocenters. The Morgan fingerprint density at radius 2 is 2.00 bits per heavy atom. The van der Waals surface area contributed by atoms with Gasteiger partial charge in [0.1, 0.15) is 0 Å². The smallest absolute Gasteiger partial charge is 0.196 e. The molecule has 1 aromatic rings. The predicted octanol–water partition coefficient (Wildman–Crippen LogP) is 2.62. The second-order valence-electron chi connectivity index (χ2n) is 3.66. The quantitative estimate of drug-likeness (QED) is 0.671. The van der Waals surface area contributed by atoms with Gasteiger partial charge >= 0.3 is 0 Å². The Morgan fingerprint density at radius 1 is 1.36 bits per heavy atom. The van der Waals surface area contributed by atoms with E-state index in [1.807, 2.05) is 13.1 Å². The van der Waals surface area contributed by atoms with Crippen molar-refractivity contribution >= 4 is 5.88 Å². The van der Waals surface area contributed by atoms with E-state index in [2.05, 4.69) is 26.1 Å². The van der Waals surface area contributed by atoms with Gasteiger partial charge in [-0.05, 0) is 11.5 Å². The van der Waals surface area contributed by atoms with Gasteiger partial charge in [0, 0.05) is 12.6 Å². The topological polar surface area (TPSA) is 25.2 Å². The maximum atomic E-state index is 5.23. The van der Waals surface area contributed by atoms with Crippen LogP contribution < -0.4 is 5.32 Å². The summed E-state index contributed by atoms with van der Waals surface area (Å²) in [6.07, 6.45) is 1.71. The molecule has 0 saturated heterocycles. The molecule has 1 rings (SSSR count). The molecule has 0 unspecified atom stereocenters. The largest absolute Gasteiger partial charge is 0.449 e. The molecule has 0 saturated carbocycles. The summed E-state index contributed by atoms with van der Waals surface area (Å²) < 4.78 is 5.23. The molecule has 1 N–H and O–H groups in total. The van der Waals surface area contributed by atoms with Gasteiger partial charge in [0.15, 0.2) is 5.88 Å². The highest BCUT2D eigenvalue weighted by molar-refractivity contribution is 5.44. The lowest BCUT2D eigenvalue weighted by Crippen LogP contribution is -2.11. The Morgan fingerprint density at radius 3 is 2.36 bits per heavy atom. The predicted molar refractivity (Wildman–Crippen MR) is 47.0 cm³/mol. The van der Waals surface area contributed by atoms with Crippen LogP contribution in [0, 0.1) is 0 Å². The minimum absolute atomic E-state index is 0.158. The summed E-state index contributed by atoms with van der Waals surface area (Å²) >= 11 is 0. The standard InChI is InChI=1S/C9H15NO/c1-9(2,3)7-5-6-11-8(7)10-4/h5-6,10H,1-4H3. The summed E-state index contributed by atoms with van der Waals surface area (Å²) in [5, 5.41) is 3.02. The van der Waals surface area contributed by atoms with Crippen LogP contribution in [0.25, 0.3) is 0 Å². The van der Waals surface area contributed by atoms with Gasteiger partial charge in [-0.15, -0.1) is 0 Å². The molecule has 11 heavy (non-hydrogen) atoms. The van der Waals surface area contributed by atoms with Crippen molar-refractivity contribution < 1.29 is 4.42 Å². The van der Waals surface area contributed by atoms with Crippen molar-refractivity contribution in [1.29, 1.82) is 0 Å². The third-order valence-corrected chi connectivity index (χ3v) is 1.70. The lowest BCUT2D eigenvalue weighted by molar-refractivity contribution is 0.551. The van der Waals surface area contributed by atoms with Gasteiger partial charge in [-0.3, -0.25) is 0 Å². The third kappa shape index (κ3) is 1.56. The summed E-state index contributed by atoms with van der Waals surface area (Å²) in [4.78, 5) is 0. The van der Waals surface area contributed by atoms with E-state index in [0.29, 0.717) is 0 Å². The fraction of sp³-hybridized carbons (Fsp3) is 0.556. The zero-order chi connectivity index (χ0) is 8.48. The molecule has 1 aromatic heterocycles. The van der Waals surface area contributed by atoms with Crippen molar-refractivity contribution in [3.8, 4) is 0 Å². The van der Waals surface area contributed by atoms with Crippen molar-refractivity contribution in [3.63, 3.8) is 0 Å². The van der Waals surface area contributed by atoms with Gasteiger partial charge in [-0.1, -0.05) is 20.8 Å². The van der Waals surface area contributed by atoms with Crippen LogP contribution in [0.4, 0.5) is 5.88 Å². The number of anilines is 1. The molecule has 0 bridgehead atoms. The van der Waals surface area contributed by atoms with E-state index < -0.39 is 0 Å². The number of hydrogen-bond donors (Lipinski definition) is 1. The van der Waals surface area contributed by atoms with Crippen molar-refractivity contribution in [1.82, 2.24) is 0 Å². The van der Waals surface area contributed by atoms with E-state index >= 15 is 0 Å². The average molecular weight is 153 g/mol. The molecule has 0 spiro atoms. The number of hydrogen-bond acceptors (Lipinski definition) is 2. The van der Waals surface area contributed by atoms with Crippen LogP contribution in [0.2, 0.25) is 0 Å². The monoisotopic (exact) mass is 153 g/mol. The Balaban J connectivity index is 3.02. The summed E-state index contributed by atoms with van der Waals surface area (Å²) in [5.41, 5.74) is 1.38. The van der Waals surface area contributed by atoms with Gasteiger partial charge in [0.05, 0.1) is 6.26 Å². The van der Waals surface area contributed by atoms with E-state index in [0.717, 1.165) is 5.88 Å². The first kappa shape index (κ1) is 8.18. The first-order valence-electron chi connectivity index (χ1n) is 3.81. The summed E-state index contributed by atoms with van der Waals surface area (Å²) in [6, 6.07) is 2.01. The van der Waals surface area contributed by atoms with E-state index in [4.69, 9.17) is 4.42 Å². The molecular weight excluding hydrogens is 138 g/mol. The maximum Gasteiger partial charge on any atom is 0.196 e. The summed E-state index contributed by atoms with van der Waals surface area (Å²) in [7, 11) is 1.87. The van der Waals surface area contributed by atoms with Crippen LogP contribution in [0.15, 0.2) is 16.7 Å². The molecule has 2 nitrogen and oxygen atoms in total. The summed E-state index contributed by atoms with van der Waals surface area (Å²) in [6.45, 7) is 6.50. The van der Waals surface area contributed by atoms with E-state index in [1.165, 1.54) is 5.56 Å². The molecule has 0 radical (unpaired) electrons. The second-order valence-corrected chi connectivity index (χ2v) is 3.66. The van der Waals surface area contributed by atoms with Crippen molar-refractivity contribution in [2.24, 2.45) is 0 Å². The maximum absolute atomic E-state index is 5.23. The fourth-order valence-electron chi connectivity index (χ4n) is 1.09. The SMILES string of the molecule is CNc1occc1C(C)(C)C. The van der Waals surface area contributed by atoms with Gasteiger partial charge in [-0.2, -0.15) is 0 Å². The molecule has 0 fully saturated rings. The fourth-order valence-corrected chi connectivity index (χ4v) is 1.09. The van der Waals surface area contributed by atoms with E-state index in [1.54, 1.807) is 6.26 Å². The van der Waals surface area contributed by atoms with Crippen LogP contribution in [0.1, 0.15) is 26.3 Å². The van der Waals surface area contributed by atoms with Crippen LogP contribution in [0.3, 0.4) is 0 Å². The number of furan rings is 1. The number of nitrogens with one attached hydrogen (secondary N) is 1. The summed E-state index contributed by atoms with van der Waals surface area (Å²) in [5.74, 6) is 0.873. The zero-order valence-corrected chi connectivity index (χ0v) is 7.56. The Kier molecular flexibility index (Phi) is 1.94. The molecule has 62 valence electrons. The van der Waals surface area contributed by atoms with Crippen LogP contribution >= 0.6 is 0 Å². The molecule has 0 amide bonds. The molecule has 0 aliphatic carbocycles. The highest BCUT2D eigenvalue weighted by Crippen LogP contribution is 2.29. The minimum Gasteiger partial charge on any atom is -0.449 e. The normalized spacial score (nSPS) is 11.6. The van der Waals surface area contributed by atoms with Crippen LogP contribution in [-0.4, -0.2) is 7.05 Å². The van der Waals surface area contributed by atoms with Crippen molar-refractivity contribution in [2.45, 2.75) is 26.2 Å². The lowest BCUT2D eigenvalue weighted by Gasteiger charge is -2.17. The van der Waals surface area contributed by atoms with E-state index in [-0.39, 0.29) is 5.41 Å². The Labute approximate surface area is 67.6 Å². The Hall–Kier alpha value is -0.920. The Bertz CT molecular complexity index is 232. The number of rotatable bonds is 1. The van der Waals surface area contributed by atoms with Gasteiger partial charge < -0.3 is 9.73 Å². The molecule has 1 heterocycles. The first-order valence-corrected chi connectivity index (χ1v) is 3.81. The average Bonchev–Trinajstić information content (AvgIpc) is 2.31. The molecule has 2 heteroatoms. The molecule has 0 aromatic carbocycles. The molecule has 0 aliphatic rings. The minimum atomic E-state index is 0.158. The highest BCUT2D eigenvalue weighted by atomic mass is 16.3. The zero-order valence-electron chi connectivity index (χ0n) is 7.56. The highest BCUT2D eigenvalue weighted by Gasteiger charge is 2.19. The van der Waals surface area contributed by atoms with Crippen molar-refractivity contribution in [3.05, 3.63) is 17.9 Å². The van der Waals surface area contributed by atoms with Gasteiger partial charge in [0.2, 0.25) is 0 Å². The van der Waals surface area contributed by atoms with Crippen LogP contribution in [0.5, 0.6) is 0 Å². The lowest BCUT2D eigenvalue weighted by atomic mass is 9.88. The van der Waals surface area contributed by atoms with Crippen molar-refractivity contribution in [2.75, 3.05) is 12.4 Å². The second kappa shape index (κ2) is 2.61. The van der Waals surface area contributed by atoms with E-state index in [9.17, 15) is 0 Å². The third-order valence-electron chi connectivity index (χ3n) is 1.70. The van der Waals surface area contributed by atoms with Crippen LogP contribution in [-0.2, 0) is 5.41 Å². The van der Waals surface area contributed by atoms with Gasteiger partial charge in [0.25, 0.3) is 0 Å². The molecule has 0 aliphatic heterocycles. The molecular formula is C9H15NO.